The first-order valence-electron chi connectivity index (χ1n) is 7.69. The van der Waals surface area contributed by atoms with Crippen LogP contribution in [0.3, 0.4) is 0 Å². The number of carbonyl (C=O) groups excluding carboxylic acids is 1. The number of hydrogen-bond acceptors (Lipinski definition) is 3. The number of benzene rings is 1. The van der Waals surface area contributed by atoms with Gasteiger partial charge in [0.2, 0.25) is 0 Å². The molecule has 1 aliphatic heterocycles. The highest BCUT2D eigenvalue weighted by Gasteiger charge is 2.33. The number of aromatic nitrogens is 1. The van der Waals surface area contributed by atoms with Crippen molar-refractivity contribution in [1.82, 2.24) is 9.88 Å². The molecule has 0 bridgehead atoms. The second kappa shape index (κ2) is 6.03. The molecule has 5 nitrogen and oxygen atoms in total. The Morgan fingerprint density at radius 1 is 1.25 bits per heavy atom. The number of carboxylic acid groups (broad SMARTS) is 1. The third-order valence-electron chi connectivity index (χ3n) is 4.42. The summed E-state index contributed by atoms with van der Waals surface area (Å²) in [6.07, 6.45) is 1.87. The van der Waals surface area contributed by atoms with Crippen molar-refractivity contribution in [3.05, 3.63) is 64.7 Å². The molecule has 1 aromatic heterocycles. The summed E-state index contributed by atoms with van der Waals surface area (Å²) in [6.45, 7) is 3.80. The second-order valence-corrected chi connectivity index (χ2v) is 6.02. The molecular formula is C18H17FN2O3. The number of nitrogens with zero attached hydrogens (tertiary/aromatic N) is 2. The van der Waals surface area contributed by atoms with Gasteiger partial charge in [-0.25, -0.2) is 14.2 Å². The number of carbonyl (C=O) groups is 2. The van der Waals surface area contributed by atoms with Gasteiger partial charge in [0.1, 0.15) is 11.5 Å². The third-order valence-corrected chi connectivity index (χ3v) is 4.42. The largest absolute Gasteiger partial charge is 0.477 e. The van der Waals surface area contributed by atoms with Crippen LogP contribution in [0.2, 0.25) is 0 Å². The fraction of sp³-hybridized carbons (Fsp3) is 0.278. The second-order valence-electron chi connectivity index (χ2n) is 6.02. The Morgan fingerprint density at radius 3 is 2.71 bits per heavy atom. The summed E-state index contributed by atoms with van der Waals surface area (Å²) in [5.41, 5.74) is 1.93. The zero-order valence-corrected chi connectivity index (χ0v) is 13.4. The molecule has 0 spiro atoms. The molecule has 1 aliphatic rings. The first kappa shape index (κ1) is 16.1. The molecule has 2 atom stereocenters. The maximum absolute atomic E-state index is 13.4. The average molecular weight is 328 g/mol. The summed E-state index contributed by atoms with van der Waals surface area (Å²) in [5.74, 6) is -1.71. The molecule has 2 heterocycles. The van der Waals surface area contributed by atoms with Gasteiger partial charge in [-0.2, -0.15) is 0 Å². The number of fused-ring (bicyclic) bond motifs is 1. The molecule has 0 saturated heterocycles. The number of rotatable bonds is 2. The molecule has 0 radical (unpaired) electrons. The predicted molar refractivity (Wildman–Crippen MR) is 85.3 cm³/mol. The molecule has 1 N–H and O–H groups in total. The molecule has 2 unspecified atom stereocenters. The fourth-order valence-corrected chi connectivity index (χ4v) is 3.31. The van der Waals surface area contributed by atoms with Crippen molar-refractivity contribution in [3.8, 4) is 0 Å². The lowest BCUT2D eigenvalue weighted by Crippen LogP contribution is -2.45. The monoisotopic (exact) mass is 328 g/mol. The van der Waals surface area contributed by atoms with E-state index in [-0.39, 0.29) is 35.1 Å². The lowest BCUT2D eigenvalue weighted by atomic mass is 9.89. The quantitative estimate of drug-likeness (QED) is 0.920. The zero-order valence-electron chi connectivity index (χ0n) is 13.4. The van der Waals surface area contributed by atoms with Gasteiger partial charge in [-0.1, -0.05) is 6.07 Å². The molecule has 0 saturated carbocycles. The van der Waals surface area contributed by atoms with Crippen LogP contribution in [0, 0.1) is 5.82 Å². The van der Waals surface area contributed by atoms with Crippen LogP contribution in [0.25, 0.3) is 0 Å². The van der Waals surface area contributed by atoms with E-state index in [9.17, 15) is 14.0 Å². The van der Waals surface area contributed by atoms with E-state index in [0.29, 0.717) is 6.42 Å². The molecule has 1 amide bonds. The Labute approximate surface area is 138 Å². The van der Waals surface area contributed by atoms with Crippen molar-refractivity contribution >= 4 is 11.9 Å². The van der Waals surface area contributed by atoms with E-state index in [4.69, 9.17) is 5.11 Å². The highest BCUT2D eigenvalue weighted by molar-refractivity contribution is 5.97. The molecule has 2 aromatic rings. The van der Waals surface area contributed by atoms with E-state index < -0.39 is 5.97 Å². The van der Waals surface area contributed by atoms with Crippen LogP contribution in [-0.2, 0) is 6.42 Å². The van der Waals surface area contributed by atoms with E-state index in [1.54, 1.807) is 11.0 Å². The van der Waals surface area contributed by atoms with Gasteiger partial charge in [0.15, 0.2) is 0 Å². The van der Waals surface area contributed by atoms with Crippen molar-refractivity contribution in [1.29, 1.82) is 0 Å². The van der Waals surface area contributed by atoms with Crippen LogP contribution in [0.5, 0.6) is 0 Å². The summed E-state index contributed by atoms with van der Waals surface area (Å²) in [6, 6.07) is 7.05. The molecule has 24 heavy (non-hydrogen) atoms. The number of carboxylic acids is 1. The van der Waals surface area contributed by atoms with E-state index in [1.807, 2.05) is 13.8 Å². The minimum atomic E-state index is -1.18. The van der Waals surface area contributed by atoms with Gasteiger partial charge in [-0.15, -0.1) is 0 Å². The SMILES string of the molecule is CC1Cc2cc(F)ccc2C(C)N1C(=O)c1ccnc(C(=O)O)c1. The summed E-state index contributed by atoms with van der Waals surface area (Å²) in [4.78, 5) is 29.4. The molecular weight excluding hydrogens is 311 g/mol. The van der Waals surface area contributed by atoms with Gasteiger partial charge in [-0.05, 0) is 55.7 Å². The van der Waals surface area contributed by atoms with E-state index >= 15 is 0 Å². The number of aromatic carboxylic acids is 1. The fourth-order valence-electron chi connectivity index (χ4n) is 3.31. The van der Waals surface area contributed by atoms with Gasteiger partial charge < -0.3 is 10.0 Å². The Bertz CT molecular complexity index is 822. The lowest BCUT2D eigenvalue weighted by molar-refractivity contribution is 0.0580. The highest BCUT2D eigenvalue weighted by Crippen LogP contribution is 2.34. The standard InChI is InChI=1S/C18H17FN2O3/c1-10-7-13-8-14(19)3-4-15(13)11(2)21(10)17(22)12-5-6-20-16(9-12)18(23)24/h3-6,8-11H,7H2,1-2H3,(H,23,24). The van der Waals surface area contributed by atoms with Gasteiger partial charge >= 0.3 is 5.97 Å². The van der Waals surface area contributed by atoms with Crippen LogP contribution in [0.1, 0.15) is 51.9 Å². The predicted octanol–water partition coefficient (Wildman–Crippen LogP) is 3.07. The van der Waals surface area contributed by atoms with Crippen LogP contribution >= 0.6 is 0 Å². The number of halogens is 1. The van der Waals surface area contributed by atoms with Gasteiger partial charge in [0, 0.05) is 17.8 Å². The molecule has 0 aliphatic carbocycles. The van der Waals surface area contributed by atoms with Crippen LogP contribution in [0.15, 0.2) is 36.5 Å². The van der Waals surface area contributed by atoms with Crippen molar-refractivity contribution in [2.45, 2.75) is 32.4 Å². The van der Waals surface area contributed by atoms with Gasteiger partial charge in [0.05, 0.1) is 6.04 Å². The van der Waals surface area contributed by atoms with Crippen LogP contribution in [0.4, 0.5) is 4.39 Å². The topological polar surface area (TPSA) is 70.5 Å². The van der Waals surface area contributed by atoms with E-state index in [1.165, 1.54) is 30.5 Å². The smallest absolute Gasteiger partial charge is 0.354 e. The molecule has 0 fully saturated rings. The van der Waals surface area contributed by atoms with Crippen molar-refractivity contribution < 1.29 is 19.1 Å². The van der Waals surface area contributed by atoms with Gasteiger partial charge in [0.25, 0.3) is 5.91 Å². The number of pyridine rings is 1. The van der Waals surface area contributed by atoms with Gasteiger partial charge in [-0.3, -0.25) is 4.79 Å². The first-order valence-corrected chi connectivity index (χ1v) is 7.69. The maximum atomic E-state index is 13.4. The molecule has 6 heteroatoms. The Morgan fingerprint density at radius 2 is 2.00 bits per heavy atom. The normalized spacial score (nSPS) is 19.7. The Hall–Kier alpha value is -2.76. The lowest BCUT2D eigenvalue weighted by Gasteiger charge is -2.40. The highest BCUT2D eigenvalue weighted by atomic mass is 19.1. The third kappa shape index (κ3) is 2.75. The van der Waals surface area contributed by atoms with Crippen LogP contribution < -0.4 is 0 Å². The first-order chi connectivity index (χ1) is 11.4. The zero-order chi connectivity index (χ0) is 17.4. The Kier molecular flexibility index (Phi) is 4.05. The minimum Gasteiger partial charge on any atom is -0.477 e. The van der Waals surface area contributed by atoms with Crippen LogP contribution in [-0.4, -0.2) is 32.9 Å². The Balaban J connectivity index is 1.97. The van der Waals surface area contributed by atoms with Crippen molar-refractivity contribution in [2.75, 3.05) is 0 Å². The van der Waals surface area contributed by atoms with Crippen molar-refractivity contribution in [2.24, 2.45) is 0 Å². The average Bonchev–Trinajstić information content (AvgIpc) is 2.54. The summed E-state index contributed by atoms with van der Waals surface area (Å²) in [7, 11) is 0. The van der Waals surface area contributed by atoms with E-state index in [2.05, 4.69) is 4.98 Å². The molecule has 1 aromatic carbocycles. The molecule has 3 rings (SSSR count). The minimum absolute atomic E-state index is 0.122. The summed E-state index contributed by atoms with van der Waals surface area (Å²) < 4.78 is 13.4. The maximum Gasteiger partial charge on any atom is 0.354 e. The molecule has 124 valence electrons. The van der Waals surface area contributed by atoms with E-state index in [0.717, 1.165) is 11.1 Å². The number of amides is 1. The number of hydrogen-bond donors (Lipinski definition) is 1. The summed E-state index contributed by atoms with van der Waals surface area (Å²) in [5, 5.41) is 9.04. The van der Waals surface area contributed by atoms with Crippen molar-refractivity contribution in [3.63, 3.8) is 0 Å². The summed E-state index contributed by atoms with van der Waals surface area (Å²) >= 11 is 0.